The number of rotatable bonds is 3. The first-order valence-electron chi connectivity index (χ1n) is 10.6. The number of urea groups is 1. The van der Waals surface area contributed by atoms with Crippen LogP contribution in [0.4, 0.5) is 36.8 Å². The molecule has 0 fully saturated rings. The van der Waals surface area contributed by atoms with Gasteiger partial charge in [0.25, 0.3) is 0 Å². The molecule has 4 rings (SSSR count). The van der Waals surface area contributed by atoms with Gasteiger partial charge in [0.05, 0.1) is 24.3 Å². The number of carbonyl (C=O) groups excluding carboxylic acids is 1. The van der Waals surface area contributed by atoms with Gasteiger partial charge in [0.2, 0.25) is 0 Å². The number of carbonyl (C=O) groups is 1. The number of aryl methyl sites for hydroxylation is 1. The summed E-state index contributed by atoms with van der Waals surface area (Å²) >= 11 is 0. The SMILES string of the molecule is COc1cccc(C2c3cccn3CCCN2C(=O)Nc2cc(C(F)(F)F)cc(C(F)(F)F)c2)c1. The van der Waals surface area contributed by atoms with Crippen LogP contribution in [-0.2, 0) is 18.9 Å². The van der Waals surface area contributed by atoms with Crippen molar-refractivity contribution in [1.82, 2.24) is 9.47 Å². The largest absolute Gasteiger partial charge is 0.497 e. The molecule has 2 heterocycles. The zero-order valence-corrected chi connectivity index (χ0v) is 18.5. The first-order chi connectivity index (χ1) is 16.5. The third kappa shape index (κ3) is 5.23. The maximum Gasteiger partial charge on any atom is 0.416 e. The lowest BCUT2D eigenvalue weighted by Crippen LogP contribution is -2.39. The summed E-state index contributed by atoms with van der Waals surface area (Å²) in [4.78, 5) is 14.7. The Morgan fingerprint density at radius 1 is 0.943 bits per heavy atom. The summed E-state index contributed by atoms with van der Waals surface area (Å²) in [6, 6.07) is 10.2. The van der Waals surface area contributed by atoms with Crippen molar-refractivity contribution in [3.8, 4) is 5.75 Å². The van der Waals surface area contributed by atoms with Gasteiger partial charge in [-0.05, 0) is 54.4 Å². The van der Waals surface area contributed by atoms with Crippen molar-refractivity contribution in [2.45, 2.75) is 31.4 Å². The molecular formula is C24H21F6N3O2. The molecular weight excluding hydrogens is 476 g/mol. The van der Waals surface area contributed by atoms with Gasteiger partial charge in [-0.25, -0.2) is 4.79 Å². The van der Waals surface area contributed by atoms with Crippen LogP contribution >= 0.6 is 0 Å². The summed E-state index contributed by atoms with van der Waals surface area (Å²) in [6.45, 7) is 0.814. The molecule has 0 radical (unpaired) electrons. The van der Waals surface area contributed by atoms with E-state index in [1.165, 1.54) is 12.0 Å². The predicted octanol–water partition coefficient (Wildman–Crippen LogP) is 6.56. The Morgan fingerprint density at radius 2 is 1.63 bits per heavy atom. The maximum atomic E-state index is 13.3. The molecule has 1 aliphatic heterocycles. The summed E-state index contributed by atoms with van der Waals surface area (Å²) in [5, 5.41) is 2.26. The van der Waals surface area contributed by atoms with E-state index in [-0.39, 0.29) is 12.6 Å². The Hall–Kier alpha value is -3.63. The average Bonchev–Trinajstić information content (AvgIpc) is 3.17. The van der Waals surface area contributed by atoms with Gasteiger partial charge in [-0.15, -0.1) is 0 Å². The molecule has 0 saturated carbocycles. The first kappa shape index (κ1) is 24.5. The number of hydrogen-bond donors (Lipinski definition) is 1. The number of methoxy groups -OCH3 is 1. The molecule has 11 heteroatoms. The van der Waals surface area contributed by atoms with Gasteiger partial charge < -0.3 is 19.5 Å². The first-order valence-corrected chi connectivity index (χ1v) is 10.6. The van der Waals surface area contributed by atoms with Crippen LogP contribution in [0.5, 0.6) is 5.75 Å². The fourth-order valence-electron chi connectivity index (χ4n) is 4.18. The van der Waals surface area contributed by atoms with Crippen LogP contribution in [0.15, 0.2) is 60.8 Å². The van der Waals surface area contributed by atoms with Gasteiger partial charge in [-0.2, -0.15) is 26.3 Å². The van der Waals surface area contributed by atoms with Gasteiger partial charge in [0.15, 0.2) is 0 Å². The minimum Gasteiger partial charge on any atom is -0.497 e. The summed E-state index contributed by atoms with van der Waals surface area (Å²) in [6.07, 6.45) is -7.65. The van der Waals surface area contributed by atoms with Gasteiger partial charge >= 0.3 is 18.4 Å². The van der Waals surface area contributed by atoms with Crippen molar-refractivity contribution in [2.75, 3.05) is 19.0 Å². The second-order valence-corrected chi connectivity index (χ2v) is 8.08. The van der Waals surface area contributed by atoms with Crippen LogP contribution in [0, 0.1) is 0 Å². The van der Waals surface area contributed by atoms with Crippen LogP contribution in [0.3, 0.4) is 0 Å². The normalized spacial score (nSPS) is 16.4. The molecule has 5 nitrogen and oxygen atoms in total. The lowest BCUT2D eigenvalue weighted by atomic mass is 10.0. The number of halogens is 6. The molecule has 1 unspecified atom stereocenters. The van der Waals surface area contributed by atoms with E-state index in [0.717, 1.165) is 5.69 Å². The van der Waals surface area contributed by atoms with Crippen molar-refractivity contribution in [1.29, 1.82) is 0 Å². The third-order valence-electron chi connectivity index (χ3n) is 5.76. The number of nitrogens with one attached hydrogen (secondary N) is 1. The molecule has 1 N–H and O–H groups in total. The highest BCUT2D eigenvalue weighted by atomic mass is 19.4. The fraction of sp³-hybridized carbons (Fsp3) is 0.292. The molecule has 2 amide bonds. The van der Waals surface area contributed by atoms with E-state index in [4.69, 9.17) is 4.74 Å². The van der Waals surface area contributed by atoms with Crippen LogP contribution in [0.1, 0.15) is 34.8 Å². The lowest BCUT2D eigenvalue weighted by molar-refractivity contribution is -0.143. The fourth-order valence-corrected chi connectivity index (χ4v) is 4.18. The molecule has 186 valence electrons. The predicted molar refractivity (Wildman–Crippen MR) is 116 cm³/mol. The number of alkyl halides is 6. The van der Waals surface area contributed by atoms with Crippen molar-refractivity contribution >= 4 is 11.7 Å². The highest BCUT2D eigenvalue weighted by molar-refractivity contribution is 5.90. The summed E-state index contributed by atoms with van der Waals surface area (Å²) in [5.41, 5.74) is -2.16. The molecule has 3 aromatic rings. The van der Waals surface area contributed by atoms with E-state index in [0.29, 0.717) is 36.4 Å². The number of hydrogen-bond acceptors (Lipinski definition) is 2. The second-order valence-electron chi connectivity index (χ2n) is 8.08. The third-order valence-corrected chi connectivity index (χ3v) is 5.76. The quantitative estimate of drug-likeness (QED) is 0.417. The van der Waals surface area contributed by atoms with Gasteiger partial charge in [0, 0.05) is 30.7 Å². The van der Waals surface area contributed by atoms with Gasteiger partial charge in [-0.3, -0.25) is 0 Å². The Morgan fingerprint density at radius 3 is 2.26 bits per heavy atom. The van der Waals surface area contributed by atoms with Crippen molar-refractivity contribution in [3.05, 3.63) is 83.2 Å². The van der Waals surface area contributed by atoms with Crippen molar-refractivity contribution in [3.63, 3.8) is 0 Å². The van der Waals surface area contributed by atoms with Gasteiger partial charge in [0.1, 0.15) is 5.75 Å². The van der Waals surface area contributed by atoms with Crippen molar-refractivity contribution < 1.29 is 35.9 Å². The van der Waals surface area contributed by atoms with E-state index in [1.54, 1.807) is 24.3 Å². The molecule has 0 spiro atoms. The lowest BCUT2D eigenvalue weighted by Gasteiger charge is -2.31. The van der Waals surface area contributed by atoms with Gasteiger partial charge in [-0.1, -0.05) is 12.1 Å². The number of aromatic nitrogens is 1. The number of ether oxygens (including phenoxy) is 1. The van der Waals surface area contributed by atoms with E-state index in [2.05, 4.69) is 5.32 Å². The Bertz CT molecular complexity index is 1190. The summed E-state index contributed by atoms with van der Waals surface area (Å²) in [5.74, 6) is 0.540. The Labute approximate surface area is 196 Å². The topological polar surface area (TPSA) is 46.5 Å². The van der Waals surface area contributed by atoms with E-state index in [1.807, 2.05) is 22.9 Å². The van der Waals surface area contributed by atoms with E-state index in [9.17, 15) is 31.1 Å². The van der Waals surface area contributed by atoms with Crippen LogP contribution in [-0.4, -0.2) is 29.2 Å². The second kappa shape index (κ2) is 9.20. The zero-order valence-electron chi connectivity index (χ0n) is 18.5. The highest BCUT2D eigenvalue weighted by Gasteiger charge is 2.38. The Kier molecular flexibility index (Phi) is 6.44. The minimum absolute atomic E-state index is 0.0214. The molecule has 2 aromatic carbocycles. The molecule has 0 bridgehead atoms. The molecule has 1 aliphatic rings. The smallest absolute Gasteiger partial charge is 0.416 e. The van der Waals surface area contributed by atoms with E-state index >= 15 is 0 Å². The summed E-state index contributed by atoms with van der Waals surface area (Å²) < 4.78 is 86.8. The standard InChI is InChI=1S/C24H21F6N3O2/c1-35-19-6-2-5-15(11-19)21-20-7-3-8-32(20)9-4-10-33(21)22(34)31-18-13-16(23(25,26)27)12-17(14-18)24(28,29)30/h2-3,5-8,11-14,21H,4,9-10H2,1H3,(H,31,34). The molecule has 0 aliphatic carbocycles. The highest BCUT2D eigenvalue weighted by Crippen LogP contribution is 2.38. The number of fused-ring (bicyclic) bond motifs is 1. The van der Waals surface area contributed by atoms with E-state index < -0.39 is 41.2 Å². The Balaban J connectivity index is 1.73. The van der Waals surface area contributed by atoms with Crippen LogP contribution in [0.2, 0.25) is 0 Å². The average molecular weight is 497 g/mol. The maximum absolute atomic E-state index is 13.3. The minimum atomic E-state index is -5.02. The number of anilines is 1. The van der Waals surface area contributed by atoms with Crippen LogP contribution in [0.25, 0.3) is 0 Å². The number of amides is 2. The zero-order chi connectivity index (χ0) is 25.4. The number of nitrogens with zero attached hydrogens (tertiary/aromatic N) is 2. The summed E-state index contributed by atoms with van der Waals surface area (Å²) in [7, 11) is 1.49. The monoisotopic (exact) mass is 497 g/mol. The van der Waals surface area contributed by atoms with Crippen LogP contribution < -0.4 is 10.1 Å². The molecule has 35 heavy (non-hydrogen) atoms. The molecule has 1 aromatic heterocycles. The van der Waals surface area contributed by atoms with Crippen molar-refractivity contribution in [2.24, 2.45) is 0 Å². The number of benzene rings is 2. The molecule has 1 atom stereocenters. The molecule has 0 saturated heterocycles.